The van der Waals surface area contributed by atoms with Crippen molar-refractivity contribution < 1.29 is 19.5 Å². The van der Waals surface area contributed by atoms with E-state index in [9.17, 15) is 19.5 Å². The van der Waals surface area contributed by atoms with Gasteiger partial charge in [-0.2, -0.15) is 0 Å². The molecule has 0 radical (unpaired) electrons. The number of alkyl halides is 1. The highest BCUT2D eigenvalue weighted by Crippen LogP contribution is 2.68. The molecule has 0 aromatic carbocycles. The monoisotopic (exact) mass is 555 g/mol. The van der Waals surface area contributed by atoms with Crippen molar-refractivity contribution >= 4 is 45.4 Å². The van der Waals surface area contributed by atoms with Crippen molar-refractivity contribution in [1.82, 2.24) is 14.7 Å². The van der Waals surface area contributed by atoms with E-state index < -0.39 is 22.6 Å². The summed E-state index contributed by atoms with van der Waals surface area (Å²) in [6.45, 7) is 12.8. The summed E-state index contributed by atoms with van der Waals surface area (Å²) in [6, 6.07) is -0.645. The average Bonchev–Trinajstić information content (AvgIpc) is 3.38. The largest absolute Gasteiger partial charge is 0.396 e. The van der Waals surface area contributed by atoms with Gasteiger partial charge in [-0.25, -0.2) is 0 Å². The number of aliphatic hydroxyl groups excluding tert-OH is 1. The number of rotatable bonds is 12. The number of halogens is 1. The first-order valence-electron chi connectivity index (χ1n) is 12.2. The molecule has 9 heteroatoms. The predicted octanol–water partition coefficient (Wildman–Crippen LogP) is 2.68. The molecule has 3 aliphatic rings. The van der Waals surface area contributed by atoms with Gasteiger partial charge in [0, 0.05) is 49.4 Å². The second kappa shape index (κ2) is 11.2. The molecule has 1 spiro atoms. The Balaban J connectivity index is 2.06. The Kier molecular flexibility index (Phi) is 8.96. The molecule has 3 amide bonds. The van der Waals surface area contributed by atoms with E-state index in [1.165, 1.54) is 0 Å². The lowest BCUT2D eigenvalue weighted by molar-refractivity contribution is -0.145. The summed E-state index contributed by atoms with van der Waals surface area (Å²) in [5, 5.41) is 9.44. The van der Waals surface area contributed by atoms with Crippen LogP contribution in [0.2, 0.25) is 0 Å². The standard InChI is InChI=1S/C25H38BrN3O4S/c1-6-10-16(4)28(12-8-3)24(33)21-25-15-17(26)20(34-25)18(22(31)27(5)11-7-2)19(25)23(32)29(21)13-9-14-30/h7-8,16-21,30H,2-3,6,9-15H2,1,4-5H3/t16?,17?,18-,19+,20-,21?,25?/m1/s1. The lowest BCUT2D eigenvalue weighted by atomic mass is 9.70. The molecule has 1 N–H and O–H groups in total. The molecular weight excluding hydrogens is 518 g/mol. The number of aliphatic hydroxyl groups is 1. The molecule has 3 fully saturated rings. The molecule has 0 aromatic heterocycles. The molecule has 34 heavy (non-hydrogen) atoms. The molecule has 0 aliphatic carbocycles. The van der Waals surface area contributed by atoms with Crippen molar-refractivity contribution in [3.05, 3.63) is 25.3 Å². The lowest BCUT2D eigenvalue weighted by Crippen LogP contribution is -2.57. The maximum atomic E-state index is 14.2. The topological polar surface area (TPSA) is 81.2 Å². The molecular formula is C25H38BrN3O4S. The number of carbonyl (C=O) groups excluding carboxylic acids is 3. The zero-order valence-corrected chi connectivity index (χ0v) is 22.9. The number of likely N-dealkylation sites (N-methyl/N-ethyl adjacent to an activating group) is 1. The van der Waals surface area contributed by atoms with Crippen LogP contribution in [-0.4, -0.2) is 97.7 Å². The van der Waals surface area contributed by atoms with Gasteiger partial charge in [0.2, 0.25) is 17.7 Å². The molecule has 3 rings (SSSR count). The summed E-state index contributed by atoms with van der Waals surface area (Å²) in [7, 11) is 1.74. The van der Waals surface area contributed by atoms with Gasteiger partial charge in [-0.05, 0) is 26.2 Å². The molecule has 7 nitrogen and oxygen atoms in total. The smallest absolute Gasteiger partial charge is 0.247 e. The van der Waals surface area contributed by atoms with Crippen LogP contribution in [0.3, 0.4) is 0 Å². The Labute approximate surface area is 216 Å². The minimum atomic E-state index is -0.664. The Hall–Kier alpha value is -1.32. The van der Waals surface area contributed by atoms with Crippen LogP contribution in [0.4, 0.5) is 0 Å². The first kappa shape index (κ1) is 27.3. The maximum Gasteiger partial charge on any atom is 0.247 e. The lowest BCUT2D eigenvalue weighted by Gasteiger charge is -2.40. The molecule has 190 valence electrons. The third-order valence-corrected chi connectivity index (χ3v) is 10.7. The van der Waals surface area contributed by atoms with E-state index in [-0.39, 0.29) is 40.4 Å². The Bertz CT molecular complexity index is 826. The van der Waals surface area contributed by atoms with Gasteiger partial charge in [-0.15, -0.1) is 24.9 Å². The van der Waals surface area contributed by atoms with E-state index in [0.717, 1.165) is 12.8 Å². The SMILES string of the molecule is C=CCN(C)C(=O)[C@H]1[C@@H]2SC3(CC2Br)C(C(=O)N(CC=C)C(C)CCC)N(CCCO)C(=O)[C@H]13. The minimum Gasteiger partial charge on any atom is -0.396 e. The van der Waals surface area contributed by atoms with Gasteiger partial charge >= 0.3 is 0 Å². The Morgan fingerprint density at radius 2 is 2.00 bits per heavy atom. The van der Waals surface area contributed by atoms with Crippen LogP contribution in [0.1, 0.15) is 39.5 Å². The number of amides is 3. The number of carbonyl (C=O) groups is 3. The van der Waals surface area contributed by atoms with Crippen molar-refractivity contribution in [1.29, 1.82) is 0 Å². The number of likely N-dealkylation sites (tertiary alicyclic amines) is 1. The number of thioether (sulfide) groups is 1. The highest BCUT2D eigenvalue weighted by molar-refractivity contribution is 9.09. The fourth-order valence-electron chi connectivity index (χ4n) is 6.07. The maximum absolute atomic E-state index is 14.2. The molecule has 0 aromatic rings. The van der Waals surface area contributed by atoms with Crippen LogP contribution in [0.25, 0.3) is 0 Å². The van der Waals surface area contributed by atoms with Crippen molar-refractivity contribution in [2.45, 2.75) is 66.4 Å². The van der Waals surface area contributed by atoms with Gasteiger partial charge in [0.1, 0.15) is 6.04 Å². The summed E-state index contributed by atoms with van der Waals surface area (Å²) in [4.78, 5) is 46.8. The highest BCUT2D eigenvalue weighted by Gasteiger charge is 2.75. The van der Waals surface area contributed by atoms with Gasteiger partial charge in [0.15, 0.2) is 0 Å². The molecule has 7 atom stereocenters. The quantitative estimate of drug-likeness (QED) is 0.296. The van der Waals surface area contributed by atoms with Crippen LogP contribution < -0.4 is 0 Å². The fraction of sp³-hybridized carbons (Fsp3) is 0.720. The number of hydrogen-bond acceptors (Lipinski definition) is 5. The van der Waals surface area contributed by atoms with E-state index in [1.807, 2.05) is 11.8 Å². The van der Waals surface area contributed by atoms with Gasteiger partial charge in [-0.1, -0.05) is 41.4 Å². The van der Waals surface area contributed by atoms with Crippen molar-refractivity contribution in [2.75, 3.05) is 33.3 Å². The second-order valence-corrected chi connectivity index (χ2v) is 12.4. The Morgan fingerprint density at radius 3 is 2.59 bits per heavy atom. The summed E-state index contributed by atoms with van der Waals surface area (Å²) < 4.78 is -0.664. The number of hydrogen-bond donors (Lipinski definition) is 1. The summed E-state index contributed by atoms with van der Waals surface area (Å²) in [5.74, 6) is -1.31. The predicted molar refractivity (Wildman–Crippen MR) is 140 cm³/mol. The molecule has 2 bridgehead atoms. The molecule has 0 saturated carbocycles. The highest BCUT2D eigenvalue weighted by atomic mass is 79.9. The van der Waals surface area contributed by atoms with Crippen LogP contribution in [-0.2, 0) is 14.4 Å². The summed E-state index contributed by atoms with van der Waals surface area (Å²) >= 11 is 5.44. The normalized spacial score (nSPS) is 32.4. The zero-order chi connectivity index (χ0) is 25.2. The van der Waals surface area contributed by atoms with E-state index in [2.05, 4.69) is 36.0 Å². The first-order chi connectivity index (χ1) is 16.2. The van der Waals surface area contributed by atoms with Gasteiger partial charge in [0.25, 0.3) is 0 Å². The summed E-state index contributed by atoms with van der Waals surface area (Å²) in [6.07, 6.45) is 6.27. The van der Waals surface area contributed by atoms with E-state index >= 15 is 0 Å². The van der Waals surface area contributed by atoms with Gasteiger partial charge in [-0.3, -0.25) is 14.4 Å². The minimum absolute atomic E-state index is 0.0141. The molecule has 3 heterocycles. The van der Waals surface area contributed by atoms with E-state index in [0.29, 0.717) is 32.5 Å². The van der Waals surface area contributed by atoms with Crippen molar-refractivity contribution in [3.63, 3.8) is 0 Å². The molecule has 3 saturated heterocycles. The number of fused-ring (bicyclic) bond motifs is 1. The van der Waals surface area contributed by atoms with Gasteiger partial charge < -0.3 is 19.8 Å². The van der Waals surface area contributed by atoms with E-state index in [1.54, 1.807) is 40.8 Å². The van der Waals surface area contributed by atoms with Crippen LogP contribution in [0, 0.1) is 11.8 Å². The zero-order valence-electron chi connectivity index (χ0n) is 20.5. The second-order valence-electron chi connectivity index (χ2n) is 9.70. The van der Waals surface area contributed by atoms with Crippen LogP contribution >= 0.6 is 27.7 Å². The van der Waals surface area contributed by atoms with E-state index in [4.69, 9.17) is 0 Å². The fourth-order valence-corrected chi connectivity index (χ4v) is 9.67. The van der Waals surface area contributed by atoms with Gasteiger partial charge in [0.05, 0.1) is 16.6 Å². The summed E-state index contributed by atoms with van der Waals surface area (Å²) in [5.41, 5.74) is 0. The average molecular weight is 557 g/mol. The molecule has 4 unspecified atom stereocenters. The van der Waals surface area contributed by atoms with Crippen molar-refractivity contribution in [2.24, 2.45) is 11.8 Å². The third kappa shape index (κ3) is 4.48. The number of nitrogens with zero attached hydrogens (tertiary/aromatic N) is 3. The Morgan fingerprint density at radius 1 is 1.32 bits per heavy atom. The van der Waals surface area contributed by atoms with Crippen LogP contribution in [0.5, 0.6) is 0 Å². The van der Waals surface area contributed by atoms with Crippen LogP contribution in [0.15, 0.2) is 25.3 Å². The third-order valence-electron chi connectivity index (χ3n) is 7.49. The first-order valence-corrected chi connectivity index (χ1v) is 14.0. The van der Waals surface area contributed by atoms with Crippen molar-refractivity contribution in [3.8, 4) is 0 Å². The molecule has 3 aliphatic heterocycles.